The summed E-state index contributed by atoms with van der Waals surface area (Å²) in [7, 11) is 0. The molecule has 0 amide bonds. The van der Waals surface area contributed by atoms with Crippen LogP contribution in [0.4, 0.5) is 0 Å². The second-order valence-corrected chi connectivity index (χ2v) is 3.33. The number of nitrogens with zero attached hydrogens (tertiary/aromatic N) is 2. The summed E-state index contributed by atoms with van der Waals surface area (Å²) in [6.07, 6.45) is 4.33. The zero-order chi connectivity index (χ0) is 9.10. The van der Waals surface area contributed by atoms with Crippen molar-refractivity contribution in [1.29, 1.82) is 0 Å². The summed E-state index contributed by atoms with van der Waals surface area (Å²) in [5.74, 6) is 2.53. The standard InChI is InChI=1S/C9H14N4/c1-2-5-10-6-8-11-9(13-12-8)7-3-4-7/h2,7,10H,1,3-6H2,(H,11,12,13). The number of aromatic amines is 1. The number of rotatable bonds is 5. The molecule has 0 radical (unpaired) electrons. The number of hydrogen-bond acceptors (Lipinski definition) is 3. The van der Waals surface area contributed by atoms with E-state index in [-0.39, 0.29) is 0 Å². The van der Waals surface area contributed by atoms with Crippen LogP contribution in [-0.4, -0.2) is 21.7 Å². The van der Waals surface area contributed by atoms with Crippen LogP contribution < -0.4 is 5.32 Å². The molecule has 1 aliphatic carbocycles. The van der Waals surface area contributed by atoms with Crippen molar-refractivity contribution in [1.82, 2.24) is 20.5 Å². The van der Waals surface area contributed by atoms with Crippen molar-refractivity contribution >= 4 is 0 Å². The van der Waals surface area contributed by atoms with Crippen LogP contribution in [-0.2, 0) is 6.54 Å². The predicted molar refractivity (Wildman–Crippen MR) is 50.3 cm³/mol. The fraction of sp³-hybridized carbons (Fsp3) is 0.556. The minimum Gasteiger partial charge on any atom is -0.306 e. The van der Waals surface area contributed by atoms with E-state index in [1.165, 1.54) is 12.8 Å². The van der Waals surface area contributed by atoms with Crippen molar-refractivity contribution in [3.8, 4) is 0 Å². The van der Waals surface area contributed by atoms with Gasteiger partial charge in [-0.2, -0.15) is 5.10 Å². The molecule has 0 aliphatic heterocycles. The SMILES string of the molecule is C=CCNCc1nc(C2CC2)n[nH]1. The smallest absolute Gasteiger partial charge is 0.153 e. The molecule has 2 N–H and O–H groups in total. The van der Waals surface area contributed by atoms with Crippen LogP contribution in [0.25, 0.3) is 0 Å². The molecule has 0 aromatic carbocycles. The molecule has 1 aromatic heterocycles. The summed E-state index contributed by atoms with van der Waals surface area (Å²) in [6.45, 7) is 5.17. The quantitative estimate of drug-likeness (QED) is 0.521. The highest BCUT2D eigenvalue weighted by atomic mass is 15.2. The number of nitrogens with one attached hydrogen (secondary N) is 2. The van der Waals surface area contributed by atoms with Gasteiger partial charge in [-0.05, 0) is 12.8 Å². The summed E-state index contributed by atoms with van der Waals surface area (Å²) in [5, 5.41) is 10.3. The molecular weight excluding hydrogens is 164 g/mol. The van der Waals surface area contributed by atoms with Crippen molar-refractivity contribution in [2.24, 2.45) is 0 Å². The Morgan fingerprint density at radius 3 is 3.15 bits per heavy atom. The second-order valence-electron chi connectivity index (χ2n) is 3.33. The maximum absolute atomic E-state index is 4.38. The summed E-state index contributed by atoms with van der Waals surface area (Å²) < 4.78 is 0. The van der Waals surface area contributed by atoms with Crippen LogP contribution in [0, 0.1) is 0 Å². The van der Waals surface area contributed by atoms with Gasteiger partial charge in [0.05, 0.1) is 6.54 Å². The molecule has 1 fully saturated rings. The molecule has 0 spiro atoms. The first-order valence-corrected chi connectivity index (χ1v) is 4.63. The van der Waals surface area contributed by atoms with Gasteiger partial charge in [-0.1, -0.05) is 6.08 Å². The highest BCUT2D eigenvalue weighted by Gasteiger charge is 2.27. The third kappa shape index (κ3) is 2.15. The Hall–Kier alpha value is -1.16. The van der Waals surface area contributed by atoms with Gasteiger partial charge in [0.2, 0.25) is 0 Å². The number of H-pyrrole nitrogens is 1. The summed E-state index contributed by atoms with van der Waals surface area (Å²) in [6, 6.07) is 0. The molecule has 0 unspecified atom stereocenters. The van der Waals surface area contributed by atoms with Crippen molar-refractivity contribution < 1.29 is 0 Å². The molecule has 4 nitrogen and oxygen atoms in total. The molecule has 13 heavy (non-hydrogen) atoms. The van der Waals surface area contributed by atoms with Gasteiger partial charge in [-0.3, -0.25) is 5.10 Å². The molecular formula is C9H14N4. The Morgan fingerprint density at radius 2 is 2.46 bits per heavy atom. The van der Waals surface area contributed by atoms with Crippen LogP contribution in [0.3, 0.4) is 0 Å². The van der Waals surface area contributed by atoms with Gasteiger partial charge in [0.1, 0.15) is 5.82 Å². The van der Waals surface area contributed by atoms with E-state index < -0.39 is 0 Å². The largest absolute Gasteiger partial charge is 0.306 e. The van der Waals surface area contributed by atoms with Crippen molar-refractivity contribution in [2.75, 3.05) is 6.54 Å². The Kier molecular flexibility index (Phi) is 2.40. The van der Waals surface area contributed by atoms with E-state index in [1.807, 2.05) is 6.08 Å². The van der Waals surface area contributed by atoms with E-state index >= 15 is 0 Å². The van der Waals surface area contributed by atoms with Crippen LogP contribution in [0.5, 0.6) is 0 Å². The van der Waals surface area contributed by atoms with E-state index in [9.17, 15) is 0 Å². The molecule has 1 aromatic rings. The summed E-state index contributed by atoms with van der Waals surface area (Å²) in [5.41, 5.74) is 0. The number of aromatic nitrogens is 3. The zero-order valence-electron chi connectivity index (χ0n) is 7.58. The lowest BCUT2D eigenvalue weighted by molar-refractivity contribution is 0.719. The average Bonchev–Trinajstić information content (AvgIpc) is 2.88. The molecule has 4 heteroatoms. The Morgan fingerprint density at radius 1 is 1.62 bits per heavy atom. The van der Waals surface area contributed by atoms with Gasteiger partial charge >= 0.3 is 0 Å². The monoisotopic (exact) mass is 178 g/mol. The summed E-state index contributed by atoms with van der Waals surface area (Å²) >= 11 is 0. The van der Waals surface area contributed by atoms with Crippen molar-refractivity contribution in [3.63, 3.8) is 0 Å². The minimum atomic E-state index is 0.629. The highest BCUT2D eigenvalue weighted by Crippen LogP contribution is 2.37. The van der Waals surface area contributed by atoms with E-state index in [4.69, 9.17) is 0 Å². The van der Waals surface area contributed by atoms with Gasteiger partial charge in [0, 0.05) is 12.5 Å². The first-order valence-electron chi connectivity index (χ1n) is 4.63. The van der Waals surface area contributed by atoms with Gasteiger partial charge in [0.25, 0.3) is 0 Å². The third-order valence-corrected chi connectivity index (χ3v) is 2.07. The topological polar surface area (TPSA) is 53.6 Å². The number of hydrogen-bond donors (Lipinski definition) is 2. The van der Waals surface area contributed by atoms with Gasteiger partial charge in [-0.15, -0.1) is 6.58 Å². The fourth-order valence-electron chi connectivity index (χ4n) is 1.21. The van der Waals surface area contributed by atoms with E-state index in [2.05, 4.69) is 27.1 Å². The van der Waals surface area contributed by atoms with Crippen LogP contribution in [0.1, 0.15) is 30.4 Å². The van der Waals surface area contributed by atoms with Crippen LogP contribution >= 0.6 is 0 Å². The fourth-order valence-corrected chi connectivity index (χ4v) is 1.21. The molecule has 0 saturated heterocycles. The van der Waals surface area contributed by atoms with Crippen molar-refractivity contribution in [2.45, 2.75) is 25.3 Å². The lowest BCUT2D eigenvalue weighted by Gasteiger charge is -1.95. The molecule has 0 atom stereocenters. The summed E-state index contributed by atoms with van der Waals surface area (Å²) in [4.78, 5) is 4.38. The van der Waals surface area contributed by atoms with E-state index in [0.29, 0.717) is 5.92 Å². The molecule has 1 heterocycles. The van der Waals surface area contributed by atoms with Gasteiger partial charge in [0.15, 0.2) is 5.82 Å². The molecule has 1 aliphatic rings. The first-order chi connectivity index (χ1) is 6.40. The maximum Gasteiger partial charge on any atom is 0.153 e. The normalized spacial score (nSPS) is 16.0. The predicted octanol–water partition coefficient (Wildman–Crippen LogP) is 0.958. The lowest BCUT2D eigenvalue weighted by Crippen LogP contribution is -2.13. The molecule has 70 valence electrons. The Labute approximate surface area is 77.5 Å². The zero-order valence-corrected chi connectivity index (χ0v) is 7.58. The van der Waals surface area contributed by atoms with E-state index in [1.54, 1.807) is 0 Å². The van der Waals surface area contributed by atoms with Gasteiger partial charge in [-0.25, -0.2) is 4.98 Å². The molecule has 0 bridgehead atoms. The van der Waals surface area contributed by atoms with Crippen LogP contribution in [0.15, 0.2) is 12.7 Å². The lowest BCUT2D eigenvalue weighted by atomic mass is 10.4. The first kappa shape index (κ1) is 8.44. The molecule has 1 saturated carbocycles. The second kappa shape index (κ2) is 3.70. The maximum atomic E-state index is 4.38. The molecule has 2 rings (SSSR count). The highest BCUT2D eigenvalue weighted by molar-refractivity contribution is 5.04. The van der Waals surface area contributed by atoms with E-state index in [0.717, 1.165) is 24.7 Å². The van der Waals surface area contributed by atoms with Crippen LogP contribution in [0.2, 0.25) is 0 Å². The van der Waals surface area contributed by atoms with Crippen molar-refractivity contribution in [3.05, 3.63) is 24.3 Å². The Bertz CT molecular complexity index is 288. The minimum absolute atomic E-state index is 0.629. The average molecular weight is 178 g/mol. The third-order valence-electron chi connectivity index (χ3n) is 2.07. The van der Waals surface area contributed by atoms with Gasteiger partial charge < -0.3 is 5.32 Å². The Balaban J connectivity index is 1.85.